The zero-order valence-corrected chi connectivity index (χ0v) is 12.0. The van der Waals surface area contributed by atoms with Gasteiger partial charge in [-0.15, -0.1) is 0 Å². The number of hydrogen-bond donors (Lipinski definition) is 1. The molecule has 0 aliphatic rings. The van der Waals surface area contributed by atoms with Crippen molar-refractivity contribution in [1.82, 2.24) is 14.6 Å². The lowest BCUT2D eigenvalue weighted by molar-refractivity contribution is 0.859. The molecule has 5 nitrogen and oxygen atoms in total. The third-order valence-electron chi connectivity index (χ3n) is 3.35. The normalized spacial score (nSPS) is 10.7. The number of halogens is 1. The molecular weight excluding hydrogens is 288 g/mol. The molecule has 0 fully saturated rings. The first-order valence-corrected chi connectivity index (χ1v) is 6.72. The predicted octanol–water partition coefficient (Wildman–Crippen LogP) is 2.45. The second kappa shape index (κ2) is 5.08. The molecule has 21 heavy (non-hydrogen) atoms. The van der Waals surface area contributed by atoms with Crippen LogP contribution < -0.4 is 5.56 Å². The van der Waals surface area contributed by atoms with Gasteiger partial charge >= 0.3 is 0 Å². The summed E-state index contributed by atoms with van der Waals surface area (Å²) in [6.07, 6.45) is 1.93. The number of nitrogens with zero attached hydrogens (tertiary/aromatic N) is 3. The number of rotatable bonds is 2. The summed E-state index contributed by atoms with van der Waals surface area (Å²) < 4.78 is 1.30. The number of aromatic nitrogens is 3. The fraction of sp³-hybridized carbons (Fsp3) is 0.133. The van der Waals surface area contributed by atoms with Crippen LogP contribution in [0.25, 0.3) is 5.65 Å². The Hall–Kier alpha value is -2.58. The predicted molar refractivity (Wildman–Crippen MR) is 79.5 cm³/mol. The molecule has 3 rings (SSSR count). The van der Waals surface area contributed by atoms with Crippen molar-refractivity contribution in [3.63, 3.8) is 0 Å². The third kappa shape index (κ3) is 2.30. The number of fused-ring (bicyclic) bond motifs is 1. The Bertz CT molecular complexity index is 933. The lowest BCUT2D eigenvalue weighted by atomic mass is 10.1. The Labute approximate surface area is 125 Å². The molecule has 104 valence electrons. The van der Waals surface area contributed by atoms with Gasteiger partial charge in [0.1, 0.15) is 11.6 Å². The first-order chi connectivity index (χ1) is 10.1. The number of nitrogens with one attached hydrogen (secondary N) is 1. The van der Waals surface area contributed by atoms with E-state index < -0.39 is 0 Å². The van der Waals surface area contributed by atoms with Crippen LogP contribution in [0.15, 0.2) is 35.3 Å². The Morgan fingerprint density at radius 1 is 1.48 bits per heavy atom. The standard InChI is InChI=1S/C15H11ClN4O/c1-9-13(6-10-3-2-4-12(16)5-10)15(21)20-14(19-9)11(7-17)8-18-20/h2-5,8,18H,6H2,1H3. The number of aromatic amines is 1. The average Bonchev–Trinajstić information content (AvgIpc) is 2.86. The van der Waals surface area contributed by atoms with Gasteiger partial charge in [0.25, 0.3) is 5.56 Å². The van der Waals surface area contributed by atoms with E-state index in [1.807, 2.05) is 24.3 Å². The van der Waals surface area contributed by atoms with Gasteiger partial charge in [0, 0.05) is 28.9 Å². The van der Waals surface area contributed by atoms with Crippen LogP contribution in [0, 0.1) is 18.3 Å². The van der Waals surface area contributed by atoms with Crippen molar-refractivity contribution in [2.75, 3.05) is 0 Å². The smallest absolute Gasteiger partial charge is 0.276 e. The molecule has 0 saturated heterocycles. The van der Waals surface area contributed by atoms with E-state index in [-0.39, 0.29) is 5.56 Å². The van der Waals surface area contributed by atoms with E-state index >= 15 is 0 Å². The minimum atomic E-state index is -0.195. The van der Waals surface area contributed by atoms with E-state index in [2.05, 4.69) is 10.1 Å². The van der Waals surface area contributed by atoms with Crippen molar-refractivity contribution in [3.8, 4) is 6.07 Å². The third-order valence-corrected chi connectivity index (χ3v) is 3.59. The monoisotopic (exact) mass is 298 g/mol. The summed E-state index contributed by atoms with van der Waals surface area (Å²) in [4.78, 5) is 16.9. The van der Waals surface area contributed by atoms with Crippen molar-refractivity contribution in [2.45, 2.75) is 13.3 Å². The van der Waals surface area contributed by atoms with Gasteiger partial charge in [0.05, 0.1) is 0 Å². The average molecular weight is 299 g/mol. The highest BCUT2D eigenvalue weighted by Crippen LogP contribution is 2.15. The maximum absolute atomic E-state index is 12.5. The lowest BCUT2D eigenvalue weighted by Gasteiger charge is -2.06. The summed E-state index contributed by atoms with van der Waals surface area (Å²) in [5.74, 6) is 0. The summed E-state index contributed by atoms with van der Waals surface area (Å²) in [6, 6.07) is 9.38. The highest BCUT2D eigenvalue weighted by atomic mass is 35.5. The van der Waals surface area contributed by atoms with E-state index in [4.69, 9.17) is 16.9 Å². The van der Waals surface area contributed by atoms with Crippen LogP contribution >= 0.6 is 11.6 Å². The molecule has 0 saturated carbocycles. The van der Waals surface area contributed by atoms with Crippen LogP contribution in [0.5, 0.6) is 0 Å². The maximum Gasteiger partial charge on any atom is 0.276 e. The van der Waals surface area contributed by atoms with Crippen LogP contribution in [0.1, 0.15) is 22.4 Å². The molecule has 2 heterocycles. The van der Waals surface area contributed by atoms with E-state index in [9.17, 15) is 4.79 Å². The fourth-order valence-electron chi connectivity index (χ4n) is 2.29. The molecule has 0 spiro atoms. The van der Waals surface area contributed by atoms with Gasteiger partial charge in [-0.25, -0.2) is 9.50 Å². The van der Waals surface area contributed by atoms with Gasteiger partial charge < -0.3 is 0 Å². The van der Waals surface area contributed by atoms with Crippen LogP contribution in [0.4, 0.5) is 0 Å². The van der Waals surface area contributed by atoms with Crippen LogP contribution in [-0.4, -0.2) is 14.6 Å². The summed E-state index contributed by atoms with van der Waals surface area (Å²) >= 11 is 5.97. The fourth-order valence-corrected chi connectivity index (χ4v) is 2.51. The summed E-state index contributed by atoms with van der Waals surface area (Å²) in [5, 5.41) is 12.4. The maximum atomic E-state index is 12.5. The molecule has 0 aliphatic carbocycles. The van der Waals surface area contributed by atoms with Gasteiger partial charge in [-0.05, 0) is 24.6 Å². The number of nitriles is 1. The molecule has 6 heteroatoms. The minimum absolute atomic E-state index is 0.195. The summed E-state index contributed by atoms with van der Waals surface area (Å²) in [5.41, 5.74) is 2.66. The second-order valence-electron chi connectivity index (χ2n) is 4.75. The Kier molecular flexibility index (Phi) is 3.24. The molecule has 0 bridgehead atoms. The molecule has 2 aromatic heterocycles. The second-order valence-corrected chi connectivity index (χ2v) is 5.18. The first-order valence-electron chi connectivity index (χ1n) is 6.34. The Morgan fingerprint density at radius 3 is 3.00 bits per heavy atom. The van der Waals surface area contributed by atoms with Crippen molar-refractivity contribution in [3.05, 3.63) is 68.2 Å². The highest BCUT2D eigenvalue weighted by molar-refractivity contribution is 6.30. The van der Waals surface area contributed by atoms with E-state index in [0.717, 1.165) is 5.56 Å². The quantitative estimate of drug-likeness (QED) is 0.789. The Balaban J connectivity index is 2.16. The number of aryl methyl sites for hydroxylation is 1. The molecule has 0 atom stereocenters. The zero-order valence-electron chi connectivity index (χ0n) is 11.2. The first kappa shape index (κ1) is 13.4. The largest absolute Gasteiger partial charge is 0.295 e. The van der Waals surface area contributed by atoms with Crippen molar-refractivity contribution in [2.24, 2.45) is 0 Å². The van der Waals surface area contributed by atoms with Crippen LogP contribution in [0.3, 0.4) is 0 Å². The van der Waals surface area contributed by atoms with Gasteiger partial charge in [-0.3, -0.25) is 9.89 Å². The summed E-state index contributed by atoms with van der Waals surface area (Å²) in [6.45, 7) is 1.77. The number of benzene rings is 1. The van der Waals surface area contributed by atoms with E-state index in [0.29, 0.717) is 33.9 Å². The molecule has 0 unspecified atom stereocenters. The topological polar surface area (TPSA) is 73.9 Å². The Morgan fingerprint density at radius 2 is 2.29 bits per heavy atom. The SMILES string of the molecule is Cc1nc2c(C#N)c[nH]n2c(=O)c1Cc1cccc(Cl)c1. The van der Waals surface area contributed by atoms with Crippen LogP contribution in [-0.2, 0) is 6.42 Å². The number of H-pyrrole nitrogens is 1. The van der Waals surface area contributed by atoms with E-state index in [1.165, 1.54) is 10.7 Å². The minimum Gasteiger partial charge on any atom is -0.295 e. The van der Waals surface area contributed by atoms with Crippen molar-refractivity contribution < 1.29 is 0 Å². The van der Waals surface area contributed by atoms with Crippen molar-refractivity contribution in [1.29, 1.82) is 5.26 Å². The molecule has 3 aromatic rings. The highest BCUT2D eigenvalue weighted by Gasteiger charge is 2.14. The molecule has 0 amide bonds. The molecule has 1 N–H and O–H groups in total. The zero-order chi connectivity index (χ0) is 15.0. The van der Waals surface area contributed by atoms with Gasteiger partial charge in [0.2, 0.25) is 0 Å². The van der Waals surface area contributed by atoms with E-state index in [1.54, 1.807) is 13.0 Å². The number of hydrogen-bond acceptors (Lipinski definition) is 3. The van der Waals surface area contributed by atoms with Gasteiger partial charge in [-0.2, -0.15) is 5.26 Å². The van der Waals surface area contributed by atoms with Crippen molar-refractivity contribution >= 4 is 17.2 Å². The molecule has 1 aromatic carbocycles. The summed E-state index contributed by atoms with van der Waals surface area (Å²) in [7, 11) is 0. The van der Waals surface area contributed by atoms with Gasteiger partial charge in [-0.1, -0.05) is 23.7 Å². The van der Waals surface area contributed by atoms with Gasteiger partial charge in [0.15, 0.2) is 5.65 Å². The molecule has 0 aliphatic heterocycles. The molecular formula is C15H11ClN4O. The van der Waals surface area contributed by atoms with Crippen LogP contribution in [0.2, 0.25) is 5.02 Å². The molecule has 0 radical (unpaired) electrons. The lowest BCUT2D eigenvalue weighted by Crippen LogP contribution is -2.22.